The predicted octanol–water partition coefficient (Wildman–Crippen LogP) is 3.81. The molecular formula is C24H33IN6O. The standard InChI is InChI=1S/C24H32N6O.HI/c1-5-25-24(27-17-19-11-13-20(14-12-19)23(31)29(3)4)26-15-8-16-30-18(2)28-21-9-6-7-10-22(21)30;/h6-7,9-14H,5,8,15-17H2,1-4H3,(H2,25,26,27);1H. The number of hydrogen-bond acceptors (Lipinski definition) is 3. The third kappa shape index (κ3) is 6.69. The first-order chi connectivity index (χ1) is 15.0. The van der Waals surface area contributed by atoms with Crippen LogP contribution in [0.5, 0.6) is 0 Å². The fourth-order valence-corrected chi connectivity index (χ4v) is 3.45. The molecule has 8 heteroatoms. The minimum absolute atomic E-state index is 0. The number of carbonyl (C=O) groups excluding carboxylic acids is 1. The molecule has 0 bridgehead atoms. The molecule has 2 N–H and O–H groups in total. The second-order valence-corrected chi connectivity index (χ2v) is 7.67. The third-order valence-electron chi connectivity index (χ3n) is 5.07. The summed E-state index contributed by atoms with van der Waals surface area (Å²) in [5.74, 6) is 1.84. The number of carbonyl (C=O) groups is 1. The van der Waals surface area contributed by atoms with E-state index in [0.717, 1.165) is 48.9 Å². The number of imidazole rings is 1. The molecule has 0 unspecified atom stereocenters. The van der Waals surface area contributed by atoms with Crippen molar-refractivity contribution in [1.82, 2.24) is 25.1 Å². The largest absolute Gasteiger partial charge is 0.357 e. The summed E-state index contributed by atoms with van der Waals surface area (Å²) in [5.41, 5.74) is 3.97. The Kier molecular flexibility index (Phi) is 9.96. The van der Waals surface area contributed by atoms with Crippen LogP contribution < -0.4 is 10.6 Å². The molecule has 3 rings (SSSR count). The SMILES string of the molecule is CCNC(=NCc1ccc(C(=O)N(C)C)cc1)NCCCn1c(C)nc2ccccc21.I. The number of nitrogens with zero attached hydrogens (tertiary/aromatic N) is 4. The second kappa shape index (κ2) is 12.4. The Morgan fingerprint density at radius 2 is 1.81 bits per heavy atom. The van der Waals surface area contributed by atoms with Gasteiger partial charge in [0.05, 0.1) is 17.6 Å². The Balaban J connectivity index is 0.00000363. The summed E-state index contributed by atoms with van der Waals surface area (Å²) < 4.78 is 2.26. The molecule has 1 aromatic heterocycles. The molecule has 1 amide bonds. The highest BCUT2D eigenvalue weighted by Crippen LogP contribution is 2.15. The van der Waals surface area contributed by atoms with E-state index in [-0.39, 0.29) is 29.9 Å². The quantitative estimate of drug-likeness (QED) is 0.194. The van der Waals surface area contributed by atoms with E-state index in [9.17, 15) is 4.79 Å². The number of halogens is 1. The average molecular weight is 548 g/mol. The van der Waals surface area contributed by atoms with E-state index in [1.165, 1.54) is 5.52 Å². The molecular weight excluding hydrogens is 515 g/mol. The zero-order valence-corrected chi connectivity index (χ0v) is 21.6. The van der Waals surface area contributed by atoms with E-state index in [1.807, 2.05) is 30.3 Å². The van der Waals surface area contributed by atoms with Crippen molar-refractivity contribution in [3.8, 4) is 0 Å². The molecule has 7 nitrogen and oxygen atoms in total. The van der Waals surface area contributed by atoms with E-state index in [2.05, 4.69) is 57.2 Å². The van der Waals surface area contributed by atoms with Crippen molar-refractivity contribution >= 4 is 46.9 Å². The summed E-state index contributed by atoms with van der Waals surface area (Å²) in [4.78, 5) is 22.9. The first-order valence-electron chi connectivity index (χ1n) is 10.7. The van der Waals surface area contributed by atoms with Gasteiger partial charge in [0.25, 0.3) is 5.91 Å². The van der Waals surface area contributed by atoms with Crippen molar-refractivity contribution in [3.05, 3.63) is 65.5 Å². The van der Waals surface area contributed by atoms with E-state index in [4.69, 9.17) is 0 Å². The highest BCUT2D eigenvalue weighted by atomic mass is 127. The smallest absolute Gasteiger partial charge is 0.253 e. The average Bonchev–Trinajstić information content (AvgIpc) is 3.09. The number of aryl methyl sites for hydroxylation is 2. The predicted molar refractivity (Wildman–Crippen MR) is 142 cm³/mol. The Labute approximate surface area is 207 Å². The zero-order valence-electron chi connectivity index (χ0n) is 19.3. The maximum absolute atomic E-state index is 12.0. The zero-order chi connectivity index (χ0) is 22.2. The first-order valence-corrected chi connectivity index (χ1v) is 10.7. The minimum Gasteiger partial charge on any atom is -0.357 e. The van der Waals surface area contributed by atoms with Gasteiger partial charge in [-0.25, -0.2) is 9.98 Å². The molecule has 1 heterocycles. The fraction of sp³-hybridized carbons (Fsp3) is 0.375. The fourth-order valence-electron chi connectivity index (χ4n) is 3.45. The Hall–Kier alpha value is -2.62. The first kappa shape index (κ1) is 25.6. The molecule has 0 atom stereocenters. The van der Waals surface area contributed by atoms with Crippen LogP contribution in [0, 0.1) is 6.92 Å². The maximum Gasteiger partial charge on any atom is 0.253 e. The van der Waals surface area contributed by atoms with Crippen LogP contribution in [-0.4, -0.2) is 53.5 Å². The van der Waals surface area contributed by atoms with Crippen LogP contribution in [0.2, 0.25) is 0 Å². The Morgan fingerprint density at radius 3 is 2.50 bits per heavy atom. The third-order valence-corrected chi connectivity index (χ3v) is 5.07. The number of nitrogens with one attached hydrogen (secondary N) is 2. The summed E-state index contributed by atoms with van der Waals surface area (Å²) >= 11 is 0. The van der Waals surface area contributed by atoms with E-state index in [0.29, 0.717) is 12.1 Å². The van der Waals surface area contributed by atoms with Gasteiger partial charge in [-0.1, -0.05) is 24.3 Å². The summed E-state index contributed by atoms with van der Waals surface area (Å²) in [6.07, 6.45) is 0.965. The van der Waals surface area contributed by atoms with Crippen molar-refractivity contribution < 1.29 is 4.79 Å². The highest BCUT2D eigenvalue weighted by molar-refractivity contribution is 14.0. The van der Waals surface area contributed by atoms with Gasteiger partial charge < -0.3 is 20.1 Å². The van der Waals surface area contributed by atoms with Crippen molar-refractivity contribution in [1.29, 1.82) is 0 Å². The van der Waals surface area contributed by atoms with Gasteiger partial charge in [-0.05, 0) is 50.1 Å². The molecule has 0 aliphatic carbocycles. The molecule has 172 valence electrons. The number of aliphatic imine (C=N–C) groups is 1. The van der Waals surface area contributed by atoms with E-state index in [1.54, 1.807) is 19.0 Å². The van der Waals surface area contributed by atoms with Crippen LogP contribution in [0.1, 0.15) is 35.1 Å². The summed E-state index contributed by atoms with van der Waals surface area (Å²) in [6.45, 7) is 7.18. The van der Waals surface area contributed by atoms with E-state index < -0.39 is 0 Å². The number of benzene rings is 2. The van der Waals surface area contributed by atoms with Crippen LogP contribution in [0.3, 0.4) is 0 Å². The van der Waals surface area contributed by atoms with Crippen LogP contribution in [0.25, 0.3) is 11.0 Å². The summed E-state index contributed by atoms with van der Waals surface area (Å²) in [5, 5.41) is 6.70. The van der Waals surface area contributed by atoms with Gasteiger partial charge in [-0.15, -0.1) is 24.0 Å². The van der Waals surface area contributed by atoms with Crippen LogP contribution >= 0.6 is 24.0 Å². The van der Waals surface area contributed by atoms with Gasteiger partial charge in [0.15, 0.2) is 5.96 Å². The highest BCUT2D eigenvalue weighted by Gasteiger charge is 2.08. The molecule has 0 spiro atoms. The van der Waals surface area contributed by atoms with Gasteiger partial charge in [0.2, 0.25) is 0 Å². The molecule has 0 aliphatic heterocycles. The number of guanidine groups is 1. The van der Waals surface area contributed by atoms with E-state index >= 15 is 0 Å². The second-order valence-electron chi connectivity index (χ2n) is 7.67. The summed E-state index contributed by atoms with van der Waals surface area (Å²) in [6, 6.07) is 15.9. The van der Waals surface area contributed by atoms with Gasteiger partial charge >= 0.3 is 0 Å². The molecule has 0 radical (unpaired) electrons. The van der Waals surface area contributed by atoms with Crippen LogP contribution in [0.15, 0.2) is 53.5 Å². The van der Waals surface area contributed by atoms with Gasteiger partial charge in [0.1, 0.15) is 5.82 Å². The number of rotatable bonds is 8. The number of hydrogen-bond donors (Lipinski definition) is 2. The van der Waals surface area contributed by atoms with Crippen molar-refractivity contribution in [2.24, 2.45) is 4.99 Å². The van der Waals surface area contributed by atoms with Gasteiger partial charge in [-0.3, -0.25) is 4.79 Å². The van der Waals surface area contributed by atoms with Gasteiger partial charge in [-0.2, -0.15) is 0 Å². The molecule has 32 heavy (non-hydrogen) atoms. The van der Waals surface area contributed by atoms with Crippen molar-refractivity contribution in [2.45, 2.75) is 33.4 Å². The lowest BCUT2D eigenvalue weighted by molar-refractivity contribution is 0.0827. The lowest BCUT2D eigenvalue weighted by atomic mass is 10.1. The minimum atomic E-state index is 0. The number of fused-ring (bicyclic) bond motifs is 1. The molecule has 2 aromatic carbocycles. The number of para-hydroxylation sites is 2. The monoisotopic (exact) mass is 548 g/mol. The lowest BCUT2D eigenvalue weighted by Crippen LogP contribution is -2.38. The number of amides is 1. The molecule has 0 saturated heterocycles. The van der Waals surface area contributed by atoms with Crippen molar-refractivity contribution in [2.75, 3.05) is 27.2 Å². The molecule has 0 saturated carbocycles. The van der Waals surface area contributed by atoms with Gasteiger partial charge in [0, 0.05) is 39.3 Å². The van der Waals surface area contributed by atoms with Crippen LogP contribution in [0.4, 0.5) is 0 Å². The number of aromatic nitrogens is 2. The normalized spacial score (nSPS) is 11.2. The topological polar surface area (TPSA) is 74.6 Å². The van der Waals surface area contributed by atoms with Crippen LogP contribution in [-0.2, 0) is 13.1 Å². The Bertz CT molecular complexity index is 1040. The maximum atomic E-state index is 12.0. The Morgan fingerprint density at radius 1 is 1.09 bits per heavy atom. The summed E-state index contributed by atoms with van der Waals surface area (Å²) in [7, 11) is 3.51. The molecule has 0 aliphatic rings. The molecule has 0 fully saturated rings. The molecule has 3 aromatic rings. The van der Waals surface area contributed by atoms with Crippen molar-refractivity contribution in [3.63, 3.8) is 0 Å². The lowest BCUT2D eigenvalue weighted by Gasteiger charge is -2.13.